The molecule has 33 heavy (non-hydrogen) atoms. The maximum Gasteiger partial charge on any atom is 0.256 e. The van der Waals surface area contributed by atoms with Gasteiger partial charge >= 0.3 is 0 Å². The molecule has 2 aliphatic heterocycles. The third-order valence-corrected chi connectivity index (χ3v) is 5.68. The Morgan fingerprint density at radius 2 is 1.88 bits per heavy atom. The Bertz CT molecular complexity index is 1020. The Kier molecular flexibility index (Phi) is 7.10. The number of fused-ring (bicyclic) bond motifs is 1. The summed E-state index contributed by atoms with van der Waals surface area (Å²) < 4.78 is 30.8. The van der Waals surface area contributed by atoms with E-state index in [4.69, 9.17) is 14.2 Å². The molecule has 0 bridgehead atoms. The van der Waals surface area contributed by atoms with E-state index in [1.807, 2.05) is 19.0 Å². The molecule has 2 aromatic carbocycles. The summed E-state index contributed by atoms with van der Waals surface area (Å²) in [6, 6.07) is 11.1. The van der Waals surface area contributed by atoms with Crippen LogP contribution >= 0.6 is 0 Å². The van der Waals surface area contributed by atoms with Crippen molar-refractivity contribution in [2.24, 2.45) is 0 Å². The molecule has 1 atom stereocenters. The summed E-state index contributed by atoms with van der Waals surface area (Å²) in [7, 11) is 3.82. The second-order valence-corrected chi connectivity index (χ2v) is 8.35. The van der Waals surface area contributed by atoms with Crippen molar-refractivity contribution in [2.75, 3.05) is 60.2 Å². The quantitative estimate of drug-likeness (QED) is 0.634. The molecule has 1 saturated heterocycles. The molecule has 0 N–H and O–H groups in total. The summed E-state index contributed by atoms with van der Waals surface area (Å²) >= 11 is 0. The lowest BCUT2D eigenvalue weighted by atomic mass is 10.1. The molecule has 0 aliphatic carbocycles. The van der Waals surface area contributed by atoms with Gasteiger partial charge < -0.3 is 28.9 Å². The largest absolute Gasteiger partial charge is 0.454 e. The van der Waals surface area contributed by atoms with Crippen molar-refractivity contribution in [3.8, 4) is 11.5 Å². The number of hydrogen-bond acceptors (Lipinski definition) is 6. The Balaban J connectivity index is 1.45. The van der Waals surface area contributed by atoms with Crippen LogP contribution in [0.3, 0.4) is 0 Å². The molecule has 8 nitrogen and oxygen atoms in total. The van der Waals surface area contributed by atoms with Gasteiger partial charge in [0.2, 0.25) is 6.79 Å². The van der Waals surface area contributed by atoms with Gasteiger partial charge in [-0.1, -0.05) is 12.1 Å². The fourth-order valence-electron chi connectivity index (χ4n) is 3.87. The smallest absolute Gasteiger partial charge is 0.256 e. The van der Waals surface area contributed by atoms with Crippen LogP contribution in [-0.4, -0.2) is 92.8 Å². The molecule has 0 radical (unpaired) electrons. The molecule has 0 saturated carbocycles. The minimum atomic E-state index is -0.554. The monoisotopic (exact) mass is 457 g/mol. The number of benzene rings is 2. The molecule has 2 aromatic rings. The number of hydrogen-bond donors (Lipinski definition) is 0. The third-order valence-electron chi connectivity index (χ3n) is 5.68. The normalized spacial score (nSPS) is 17.3. The van der Waals surface area contributed by atoms with Gasteiger partial charge in [-0.25, -0.2) is 4.39 Å². The summed E-state index contributed by atoms with van der Waals surface area (Å²) in [5.74, 6) is 0.0896. The van der Waals surface area contributed by atoms with Gasteiger partial charge in [0, 0.05) is 38.3 Å². The molecule has 4 rings (SSSR count). The Hall–Kier alpha value is -3.17. The number of carbonyl (C=O) groups is 2. The predicted octanol–water partition coefficient (Wildman–Crippen LogP) is 2.10. The van der Waals surface area contributed by atoms with Gasteiger partial charge in [-0.2, -0.15) is 0 Å². The Labute approximate surface area is 192 Å². The summed E-state index contributed by atoms with van der Waals surface area (Å²) in [5.41, 5.74) is 0.534. The standard InChI is InChI=1S/C24H28FN3O5/c1-26(2)9-10-27(24(30)19-5-3-4-6-20(19)25)14-18-15-28(11-12-31-18)23(29)17-7-8-21-22(13-17)33-16-32-21/h3-8,13,18H,9-12,14-16H2,1-2H3. The van der Waals surface area contributed by atoms with Crippen LogP contribution in [0.2, 0.25) is 0 Å². The lowest BCUT2D eigenvalue weighted by molar-refractivity contribution is -0.0335. The van der Waals surface area contributed by atoms with Gasteiger partial charge in [-0.3, -0.25) is 9.59 Å². The minimum Gasteiger partial charge on any atom is -0.454 e. The van der Waals surface area contributed by atoms with Crippen molar-refractivity contribution in [2.45, 2.75) is 6.10 Å². The van der Waals surface area contributed by atoms with Crippen molar-refractivity contribution in [3.05, 3.63) is 59.4 Å². The van der Waals surface area contributed by atoms with Crippen molar-refractivity contribution < 1.29 is 28.2 Å². The summed E-state index contributed by atoms with van der Waals surface area (Å²) in [6.07, 6.45) is -0.380. The molecule has 2 amide bonds. The van der Waals surface area contributed by atoms with Crippen molar-refractivity contribution >= 4 is 11.8 Å². The van der Waals surface area contributed by atoms with Crippen LogP contribution < -0.4 is 9.47 Å². The van der Waals surface area contributed by atoms with Gasteiger partial charge in [-0.05, 0) is 44.4 Å². The second-order valence-electron chi connectivity index (χ2n) is 8.35. The number of halogens is 1. The zero-order chi connectivity index (χ0) is 23.4. The van der Waals surface area contributed by atoms with Gasteiger partial charge in [0.1, 0.15) is 5.82 Å². The minimum absolute atomic E-state index is 0.0281. The average molecular weight is 458 g/mol. The van der Waals surface area contributed by atoms with Gasteiger partial charge in [-0.15, -0.1) is 0 Å². The third kappa shape index (κ3) is 5.43. The van der Waals surface area contributed by atoms with Crippen molar-refractivity contribution in [3.63, 3.8) is 0 Å². The molecule has 9 heteroatoms. The lowest BCUT2D eigenvalue weighted by Gasteiger charge is -2.36. The number of nitrogens with zero attached hydrogens (tertiary/aromatic N) is 3. The van der Waals surface area contributed by atoms with Crippen LogP contribution in [0.15, 0.2) is 42.5 Å². The zero-order valence-corrected chi connectivity index (χ0v) is 18.8. The summed E-state index contributed by atoms with van der Waals surface area (Å²) in [4.78, 5) is 31.4. The van der Waals surface area contributed by atoms with E-state index in [9.17, 15) is 14.0 Å². The van der Waals surface area contributed by atoms with Crippen LogP contribution in [0.25, 0.3) is 0 Å². The Morgan fingerprint density at radius 1 is 1.09 bits per heavy atom. The highest BCUT2D eigenvalue weighted by molar-refractivity contribution is 5.95. The SMILES string of the molecule is CN(C)CCN(CC1CN(C(=O)c2ccc3c(c2)OCO3)CCO1)C(=O)c1ccccc1F. The van der Waals surface area contributed by atoms with Gasteiger partial charge in [0.15, 0.2) is 11.5 Å². The highest BCUT2D eigenvalue weighted by Gasteiger charge is 2.29. The lowest BCUT2D eigenvalue weighted by Crippen LogP contribution is -2.51. The topological polar surface area (TPSA) is 71.6 Å². The second kappa shape index (κ2) is 10.2. The highest BCUT2D eigenvalue weighted by Crippen LogP contribution is 2.33. The predicted molar refractivity (Wildman–Crippen MR) is 119 cm³/mol. The van der Waals surface area contributed by atoms with E-state index < -0.39 is 11.7 Å². The van der Waals surface area contributed by atoms with Gasteiger partial charge in [0.25, 0.3) is 11.8 Å². The molecule has 1 fully saturated rings. The van der Waals surface area contributed by atoms with Crippen LogP contribution in [0, 0.1) is 5.82 Å². The van der Waals surface area contributed by atoms with Crippen LogP contribution in [0.4, 0.5) is 4.39 Å². The average Bonchev–Trinajstić information content (AvgIpc) is 3.29. The van der Waals surface area contributed by atoms with E-state index in [0.717, 1.165) is 0 Å². The van der Waals surface area contributed by atoms with Crippen LogP contribution in [0.1, 0.15) is 20.7 Å². The fourth-order valence-corrected chi connectivity index (χ4v) is 3.87. The first-order valence-corrected chi connectivity index (χ1v) is 10.9. The fraction of sp³-hybridized carbons (Fsp3) is 0.417. The van der Waals surface area contributed by atoms with Crippen molar-refractivity contribution in [1.29, 1.82) is 0 Å². The maximum absolute atomic E-state index is 14.3. The van der Waals surface area contributed by atoms with E-state index in [1.54, 1.807) is 40.1 Å². The molecule has 0 aromatic heterocycles. The van der Waals surface area contributed by atoms with Gasteiger partial charge in [0.05, 0.1) is 18.3 Å². The first-order chi connectivity index (χ1) is 15.9. The molecule has 2 heterocycles. The molecular formula is C24H28FN3O5. The number of carbonyl (C=O) groups excluding carboxylic acids is 2. The Morgan fingerprint density at radius 3 is 2.67 bits per heavy atom. The number of likely N-dealkylation sites (N-methyl/N-ethyl adjacent to an activating group) is 1. The number of rotatable bonds is 7. The molecular weight excluding hydrogens is 429 g/mol. The van der Waals surface area contributed by atoms with Crippen molar-refractivity contribution in [1.82, 2.24) is 14.7 Å². The van der Waals surface area contributed by atoms with E-state index in [2.05, 4.69) is 0 Å². The van der Waals surface area contributed by atoms with Crippen LogP contribution in [0.5, 0.6) is 11.5 Å². The maximum atomic E-state index is 14.3. The summed E-state index contributed by atoms with van der Waals surface area (Å²) in [6.45, 7) is 2.57. The molecule has 1 unspecified atom stereocenters. The first-order valence-electron chi connectivity index (χ1n) is 10.9. The van der Waals surface area contributed by atoms with E-state index in [1.165, 1.54) is 12.1 Å². The van der Waals surface area contributed by atoms with E-state index in [0.29, 0.717) is 49.8 Å². The van der Waals surface area contributed by atoms with Crippen LogP contribution in [-0.2, 0) is 4.74 Å². The molecule has 176 valence electrons. The number of morpholine rings is 1. The first kappa shape index (κ1) is 23.0. The van der Waals surface area contributed by atoms with E-state index in [-0.39, 0.29) is 30.9 Å². The number of ether oxygens (including phenoxy) is 3. The zero-order valence-electron chi connectivity index (χ0n) is 18.8. The highest BCUT2D eigenvalue weighted by atomic mass is 19.1. The molecule has 2 aliphatic rings. The number of amides is 2. The summed E-state index contributed by atoms with van der Waals surface area (Å²) in [5, 5.41) is 0. The van der Waals surface area contributed by atoms with E-state index >= 15 is 0 Å². The molecule has 0 spiro atoms.